The number of nitrogens with one attached hydrogen (secondary N) is 2. The van der Waals surface area contributed by atoms with Crippen molar-refractivity contribution in [1.82, 2.24) is 5.32 Å². The summed E-state index contributed by atoms with van der Waals surface area (Å²) in [5.41, 5.74) is 3.83. The van der Waals surface area contributed by atoms with Crippen molar-refractivity contribution in [2.24, 2.45) is 0 Å². The Morgan fingerprint density at radius 2 is 2.00 bits per heavy atom. The number of ether oxygens (including phenoxy) is 1. The normalized spacial score (nSPS) is 12.8. The molecule has 0 aromatic heterocycles. The highest BCUT2D eigenvalue weighted by Gasteiger charge is 2.14. The van der Waals surface area contributed by atoms with E-state index in [1.54, 1.807) is 0 Å². The van der Waals surface area contributed by atoms with E-state index in [9.17, 15) is 4.79 Å². The van der Waals surface area contributed by atoms with Crippen LogP contribution in [0.1, 0.15) is 28.4 Å². The maximum atomic E-state index is 12.4. The van der Waals surface area contributed by atoms with Crippen molar-refractivity contribution in [1.29, 1.82) is 0 Å². The molecule has 3 rings (SSSR count). The first-order chi connectivity index (χ1) is 10.3. The minimum Gasteiger partial charge on any atom is -0.492 e. The van der Waals surface area contributed by atoms with Gasteiger partial charge in [-0.3, -0.25) is 4.79 Å². The summed E-state index contributed by atoms with van der Waals surface area (Å²) < 4.78 is 5.52. The number of carbonyl (C=O) groups is 1. The molecule has 0 bridgehead atoms. The average molecular weight is 282 g/mol. The first kappa shape index (κ1) is 13.6. The van der Waals surface area contributed by atoms with E-state index in [4.69, 9.17) is 4.74 Å². The van der Waals surface area contributed by atoms with Gasteiger partial charge in [0.2, 0.25) is 0 Å². The summed E-state index contributed by atoms with van der Waals surface area (Å²) in [7, 11) is 0. The Morgan fingerprint density at radius 1 is 1.19 bits per heavy atom. The molecule has 21 heavy (non-hydrogen) atoms. The van der Waals surface area contributed by atoms with Crippen LogP contribution in [-0.2, 0) is 13.1 Å². The summed E-state index contributed by atoms with van der Waals surface area (Å²) in [6, 6.07) is 13.3. The molecule has 2 aromatic carbocycles. The minimum absolute atomic E-state index is 0.114. The van der Waals surface area contributed by atoms with Crippen molar-refractivity contribution in [2.75, 3.05) is 11.9 Å². The van der Waals surface area contributed by atoms with Gasteiger partial charge in [-0.05, 0) is 42.3 Å². The smallest absolute Gasteiger partial charge is 0.255 e. The molecule has 0 fully saturated rings. The van der Waals surface area contributed by atoms with Gasteiger partial charge in [0.05, 0.1) is 12.3 Å². The number of amides is 1. The Kier molecular flexibility index (Phi) is 3.88. The first-order valence-electron chi connectivity index (χ1n) is 7.13. The maximum Gasteiger partial charge on any atom is 0.255 e. The summed E-state index contributed by atoms with van der Waals surface area (Å²) in [4.78, 5) is 12.4. The Morgan fingerprint density at radius 3 is 2.86 bits per heavy atom. The quantitative estimate of drug-likeness (QED) is 0.906. The summed E-state index contributed by atoms with van der Waals surface area (Å²) in [6.45, 7) is 4.19. The highest BCUT2D eigenvalue weighted by Crippen LogP contribution is 2.25. The van der Waals surface area contributed by atoms with Crippen LogP contribution >= 0.6 is 0 Å². The highest BCUT2D eigenvalue weighted by molar-refractivity contribution is 6.05. The molecular formula is C17H18N2O2. The van der Waals surface area contributed by atoms with Gasteiger partial charge >= 0.3 is 0 Å². The number of rotatable bonds is 4. The summed E-state index contributed by atoms with van der Waals surface area (Å²) in [5, 5.41) is 6.20. The number of benzene rings is 2. The highest BCUT2D eigenvalue weighted by atomic mass is 16.5. The largest absolute Gasteiger partial charge is 0.492 e. The molecule has 0 aliphatic carbocycles. The monoisotopic (exact) mass is 282 g/mol. The van der Waals surface area contributed by atoms with Gasteiger partial charge in [0.1, 0.15) is 5.75 Å². The Balaban J connectivity index is 1.80. The molecule has 1 aliphatic rings. The van der Waals surface area contributed by atoms with E-state index in [0.717, 1.165) is 13.1 Å². The Hall–Kier alpha value is -2.33. The van der Waals surface area contributed by atoms with E-state index in [2.05, 4.69) is 10.6 Å². The molecule has 1 heterocycles. The number of fused-ring (bicyclic) bond motifs is 1. The van der Waals surface area contributed by atoms with Crippen LogP contribution in [0.15, 0.2) is 42.5 Å². The lowest BCUT2D eigenvalue weighted by atomic mass is 10.1. The molecule has 0 atom stereocenters. The standard InChI is InChI=1S/C17H18N2O2/c1-2-21-16-6-4-3-5-15(16)19-17(20)12-7-8-13-10-18-11-14(13)9-12/h3-9,18H,2,10-11H2,1H3,(H,19,20). The second-order valence-electron chi connectivity index (χ2n) is 4.97. The van der Waals surface area contributed by atoms with Gasteiger partial charge in [-0.25, -0.2) is 0 Å². The van der Waals surface area contributed by atoms with Gasteiger partial charge in [-0.15, -0.1) is 0 Å². The van der Waals surface area contributed by atoms with Crippen molar-refractivity contribution >= 4 is 11.6 Å². The number of carbonyl (C=O) groups excluding carboxylic acids is 1. The first-order valence-corrected chi connectivity index (χ1v) is 7.13. The zero-order valence-corrected chi connectivity index (χ0v) is 12.0. The van der Waals surface area contributed by atoms with Crippen LogP contribution in [0.5, 0.6) is 5.75 Å². The van der Waals surface area contributed by atoms with E-state index in [1.165, 1.54) is 11.1 Å². The zero-order chi connectivity index (χ0) is 14.7. The second-order valence-corrected chi connectivity index (χ2v) is 4.97. The van der Waals surface area contributed by atoms with Crippen molar-refractivity contribution in [3.05, 3.63) is 59.2 Å². The van der Waals surface area contributed by atoms with E-state index >= 15 is 0 Å². The average Bonchev–Trinajstić information content (AvgIpc) is 2.97. The lowest BCUT2D eigenvalue weighted by Gasteiger charge is -2.11. The SMILES string of the molecule is CCOc1ccccc1NC(=O)c1ccc2c(c1)CNC2. The third-order valence-electron chi connectivity index (χ3n) is 3.53. The second kappa shape index (κ2) is 5.97. The molecule has 4 nitrogen and oxygen atoms in total. The molecule has 2 N–H and O–H groups in total. The fourth-order valence-electron chi connectivity index (χ4n) is 2.48. The summed E-state index contributed by atoms with van der Waals surface area (Å²) >= 11 is 0. The van der Waals surface area contributed by atoms with Crippen LogP contribution in [0, 0.1) is 0 Å². The van der Waals surface area contributed by atoms with Gasteiger partial charge in [0, 0.05) is 18.7 Å². The summed E-state index contributed by atoms with van der Waals surface area (Å²) in [5.74, 6) is 0.577. The van der Waals surface area contributed by atoms with Gasteiger partial charge in [-0.2, -0.15) is 0 Å². The maximum absolute atomic E-state index is 12.4. The predicted molar refractivity (Wildman–Crippen MR) is 82.5 cm³/mol. The number of anilines is 1. The Bertz CT molecular complexity index is 668. The topological polar surface area (TPSA) is 50.4 Å². The van der Waals surface area contributed by atoms with E-state index in [0.29, 0.717) is 23.6 Å². The molecule has 4 heteroatoms. The van der Waals surface area contributed by atoms with Gasteiger partial charge in [-0.1, -0.05) is 18.2 Å². The van der Waals surface area contributed by atoms with Crippen molar-refractivity contribution in [2.45, 2.75) is 20.0 Å². The van der Waals surface area contributed by atoms with Crippen LogP contribution in [0.4, 0.5) is 5.69 Å². The molecule has 0 saturated heterocycles. The molecule has 1 aliphatic heterocycles. The lowest BCUT2D eigenvalue weighted by Crippen LogP contribution is -2.13. The molecule has 0 unspecified atom stereocenters. The van der Waals surface area contributed by atoms with Crippen LogP contribution in [0.2, 0.25) is 0 Å². The van der Waals surface area contributed by atoms with E-state index in [1.807, 2.05) is 49.4 Å². The van der Waals surface area contributed by atoms with Crippen molar-refractivity contribution < 1.29 is 9.53 Å². The van der Waals surface area contributed by atoms with Gasteiger partial charge in [0.25, 0.3) is 5.91 Å². The minimum atomic E-state index is -0.114. The fourth-order valence-corrected chi connectivity index (χ4v) is 2.48. The van der Waals surface area contributed by atoms with Crippen LogP contribution in [0.25, 0.3) is 0 Å². The fraction of sp³-hybridized carbons (Fsp3) is 0.235. The summed E-state index contributed by atoms with van der Waals surface area (Å²) in [6.07, 6.45) is 0. The predicted octanol–water partition coefficient (Wildman–Crippen LogP) is 2.94. The third kappa shape index (κ3) is 2.90. The third-order valence-corrected chi connectivity index (χ3v) is 3.53. The lowest BCUT2D eigenvalue weighted by molar-refractivity contribution is 0.102. The van der Waals surface area contributed by atoms with Crippen LogP contribution in [-0.4, -0.2) is 12.5 Å². The van der Waals surface area contributed by atoms with E-state index < -0.39 is 0 Å². The van der Waals surface area contributed by atoms with E-state index in [-0.39, 0.29) is 5.91 Å². The Labute approximate surface area is 124 Å². The van der Waals surface area contributed by atoms with Crippen molar-refractivity contribution in [3.8, 4) is 5.75 Å². The van der Waals surface area contributed by atoms with Crippen molar-refractivity contribution in [3.63, 3.8) is 0 Å². The van der Waals surface area contributed by atoms with Crippen LogP contribution < -0.4 is 15.4 Å². The molecule has 1 amide bonds. The number of hydrogen-bond donors (Lipinski definition) is 2. The molecule has 0 radical (unpaired) electrons. The van der Waals surface area contributed by atoms with Crippen LogP contribution in [0.3, 0.4) is 0 Å². The number of para-hydroxylation sites is 2. The van der Waals surface area contributed by atoms with Gasteiger partial charge < -0.3 is 15.4 Å². The number of hydrogen-bond acceptors (Lipinski definition) is 3. The molecule has 0 saturated carbocycles. The molecular weight excluding hydrogens is 264 g/mol. The van der Waals surface area contributed by atoms with Gasteiger partial charge in [0.15, 0.2) is 0 Å². The molecule has 108 valence electrons. The molecule has 0 spiro atoms. The molecule has 2 aromatic rings. The zero-order valence-electron chi connectivity index (χ0n) is 12.0.